The van der Waals surface area contributed by atoms with Crippen LogP contribution in [-0.4, -0.2) is 5.78 Å². The van der Waals surface area contributed by atoms with Gasteiger partial charge >= 0.3 is 0 Å². The third-order valence-electron chi connectivity index (χ3n) is 1.92. The highest BCUT2D eigenvalue weighted by Gasteiger charge is 2.18. The summed E-state index contributed by atoms with van der Waals surface area (Å²) in [6.45, 7) is 3.43. The average molecular weight is 167 g/mol. The van der Waals surface area contributed by atoms with Crippen LogP contribution in [0, 0.1) is 0 Å². The molecule has 0 bridgehead atoms. The van der Waals surface area contributed by atoms with Gasteiger partial charge in [-0.05, 0) is 23.4 Å². The van der Waals surface area contributed by atoms with E-state index in [1.165, 1.54) is 11.1 Å². The molecule has 1 aliphatic heterocycles. The van der Waals surface area contributed by atoms with Crippen LogP contribution in [0.15, 0.2) is 5.38 Å². The minimum absolute atomic E-state index is 0.194. The van der Waals surface area contributed by atoms with Gasteiger partial charge in [0.05, 0.1) is 4.88 Å². The van der Waals surface area contributed by atoms with E-state index >= 15 is 0 Å². The SMILES string of the molecule is CC(=O)c1scc2c1CNC2. The Bertz CT molecular complexity index is 303. The van der Waals surface area contributed by atoms with Crippen molar-refractivity contribution in [3.8, 4) is 0 Å². The number of nitrogens with one attached hydrogen (secondary N) is 1. The van der Waals surface area contributed by atoms with Gasteiger partial charge in [0.1, 0.15) is 0 Å². The van der Waals surface area contributed by atoms with Crippen LogP contribution in [0.2, 0.25) is 0 Å². The summed E-state index contributed by atoms with van der Waals surface area (Å²) in [4.78, 5) is 12.0. The summed E-state index contributed by atoms with van der Waals surface area (Å²) in [5.41, 5.74) is 2.53. The van der Waals surface area contributed by atoms with E-state index in [9.17, 15) is 4.79 Å². The number of carbonyl (C=O) groups is 1. The molecular weight excluding hydrogens is 158 g/mol. The molecule has 1 N–H and O–H groups in total. The van der Waals surface area contributed by atoms with Gasteiger partial charge in [0, 0.05) is 13.1 Å². The predicted molar refractivity (Wildman–Crippen MR) is 44.9 cm³/mol. The minimum Gasteiger partial charge on any atom is -0.309 e. The van der Waals surface area contributed by atoms with E-state index < -0.39 is 0 Å². The highest BCUT2D eigenvalue weighted by molar-refractivity contribution is 7.12. The Morgan fingerprint density at radius 2 is 2.45 bits per heavy atom. The van der Waals surface area contributed by atoms with Crippen molar-refractivity contribution in [2.45, 2.75) is 20.0 Å². The van der Waals surface area contributed by atoms with Gasteiger partial charge < -0.3 is 5.32 Å². The van der Waals surface area contributed by atoms with Crippen LogP contribution >= 0.6 is 11.3 Å². The summed E-state index contributed by atoms with van der Waals surface area (Å²) in [6.07, 6.45) is 0. The van der Waals surface area contributed by atoms with Crippen LogP contribution in [0.25, 0.3) is 0 Å². The lowest BCUT2D eigenvalue weighted by atomic mass is 10.1. The lowest BCUT2D eigenvalue weighted by Gasteiger charge is -1.92. The maximum Gasteiger partial charge on any atom is 0.170 e. The number of rotatable bonds is 1. The first kappa shape index (κ1) is 7.00. The summed E-state index contributed by atoms with van der Waals surface area (Å²) in [6, 6.07) is 0. The Kier molecular flexibility index (Phi) is 1.55. The largest absolute Gasteiger partial charge is 0.309 e. The van der Waals surface area contributed by atoms with E-state index in [0.717, 1.165) is 18.0 Å². The molecule has 0 amide bonds. The van der Waals surface area contributed by atoms with E-state index in [-0.39, 0.29) is 5.78 Å². The van der Waals surface area contributed by atoms with E-state index in [4.69, 9.17) is 0 Å². The van der Waals surface area contributed by atoms with Crippen LogP contribution in [-0.2, 0) is 13.1 Å². The van der Waals surface area contributed by atoms with Gasteiger partial charge in [0.25, 0.3) is 0 Å². The fourth-order valence-electron chi connectivity index (χ4n) is 1.38. The van der Waals surface area contributed by atoms with Crippen LogP contribution in [0.3, 0.4) is 0 Å². The van der Waals surface area contributed by atoms with Gasteiger partial charge in [-0.1, -0.05) is 0 Å². The second-order valence-electron chi connectivity index (χ2n) is 2.73. The molecule has 0 aromatic carbocycles. The molecule has 2 nitrogen and oxygen atoms in total. The van der Waals surface area contributed by atoms with E-state index in [1.807, 2.05) is 0 Å². The number of carbonyl (C=O) groups excluding carboxylic acids is 1. The molecule has 1 aromatic heterocycles. The Hall–Kier alpha value is -0.670. The Balaban J connectivity index is 2.50. The van der Waals surface area contributed by atoms with Crippen molar-refractivity contribution in [3.63, 3.8) is 0 Å². The van der Waals surface area contributed by atoms with E-state index in [1.54, 1.807) is 18.3 Å². The molecule has 58 valence electrons. The van der Waals surface area contributed by atoms with Gasteiger partial charge in [0.15, 0.2) is 5.78 Å². The van der Waals surface area contributed by atoms with Crippen LogP contribution < -0.4 is 5.32 Å². The zero-order chi connectivity index (χ0) is 7.84. The van der Waals surface area contributed by atoms with Crippen LogP contribution in [0.5, 0.6) is 0 Å². The molecule has 3 heteroatoms. The Labute approximate surface area is 69.2 Å². The quantitative estimate of drug-likeness (QED) is 0.643. The normalized spacial score (nSPS) is 15.0. The summed E-state index contributed by atoms with van der Waals surface area (Å²) in [5.74, 6) is 0.194. The molecular formula is C8H9NOS. The number of fused-ring (bicyclic) bond motifs is 1. The van der Waals surface area contributed by atoms with Gasteiger partial charge in [-0.3, -0.25) is 4.79 Å². The second kappa shape index (κ2) is 2.43. The van der Waals surface area contributed by atoms with Crippen molar-refractivity contribution in [3.05, 3.63) is 21.4 Å². The van der Waals surface area contributed by atoms with Crippen molar-refractivity contribution >= 4 is 17.1 Å². The summed E-state index contributed by atoms with van der Waals surface area (Å²) in [5, 5.41) is 5.29. The molecule has 1 aromatic rings. The number of hydrogen-bond acceptors (Lipinski definition) is 3. The Morgan fingerprint density at radius 3 is 3.18 bits per heavy atom. The molecule has 11 heavy (non-hydrogen) atoms. The first-order chi connectivity index (χ1) is 5.29. The van der Waals surface area contributed by atoms with E-state index in [0.29, 0.717) is 0 Å². The van der Waals surface area contributed by atoms with Crippen molar-refractivity contribution < 1.29 is 4.79 Å². The maximum absolute atomic E-state index is 11.0. The zero-order valence-electron chi connectivity index (χ0n) is 6.31. The first-order valence-electron chi connectivity index (χ1n) is 3.60. The fraction of sp³-hybridized carbons (Fsp3) is 0.375. The molecule has 0 atom stereocenters. The van der Waals surface area contributed by atoms with Crippen molar-refractivity contribution in [2.24, 2.45) is 0 Å². The molecule has 0 aliphatic carbocycles. The number of thiophene rings is 1. The summed E-state index contributed by atoms with van der Waals surface area (Å²) < 4.78 is 0. The molecule has 2 rings (SSSR count). The summed E-state index contributed by atoms with van der Waals surface area (Å²) in [7, 11) is 0. The molecule has 0 spiro atoms. The van der Waals surface area contributed by atoms with E-state index in [2.05, 4.69) is 10.7 Å². The minimum atomic E-state index is 0.194. The van der Waals surface area contributed by atoms with Crippen LogP contribution in [0.1, 0.15) is 27.7 Å². The number of Topliss-reactive ketones (excluding diaryl/α,β-unsaturated/α-hetero) is 1. The topological polar surface area (TPSA) is 29.1 Å². The molecule has 0 fully saturated rings. The fourth-order valence-corrected chi connectivity index (χ4v) is 2.38. The number of ketones is 1. The molecule has 1 aliphatic rings. The zero-order valence-corrected chi connectivity index (χ0v) is 7.12. The van der Waals surface area contributed by atoms with Crippen LogP contribution in [0.4, 0.5) is 0 Å². The van der Waals surface area contributed by atoms with Crippen molar-refractivity contribution in [1.82, 2.24) is 5.32 Å². The second-order valence-corrected chi connectivity index (χ2v) is 3.61. The lowest BCUT2D eigenvalue weighted by molar-refractivity contribution is 0.102. The van der Waals surface area contributed by atoms with Gasteiger partial charge in [0.2, 0.25) is 0 Å². The standard InChI is InChI=1S/C8H9NOS/c1-5(10)8-7-3-9-2-6(7)4-11-8/h4,9H,2-3H2,1H3. The van der Waals surface area contributed by atoms with Crippen molar-refractivity contribution in [2.75, 3.05) is 0 Å². The smallest absolute Gasteiger partial charge is 0.170 e. The third-order valence-corrected chi connectivity index (χ3v) is 3.09. The van der Waals surface area contributed by atoms with Gasteiger partial charge in [-0.15, -0.1) is 11.3 Å². The van der Waals surface area contributed by atoms with Crippen molar-refractivity contribution in [1.29, 1.82) is 0 Å². The molecule has 0 unspecified atom stereocenters. The maximum atomic E-state index is 11.0. The Morgan fingerprint density at radius 1 is 1.64 bits per heavy atom. The summed E-state index contributed by atoms with van der Waals surface area (Å²) >= 11 is 1.57. The number of hydrogen-bond donors (Lipinski definition) is 1. The molecule has 0 saturated carbocycles. The monoisotopic (exact) mass is 167 g/mol. The predicted octanol–water partition coefficient (Wildman–Crippen LogP) is 1.55. The molecule has 0 radical (unpaired) electrons. The molecule has 0 saturated heterocycles. The van der Waals surface area contributed by atoms with Gasteiger partial charge in [-0.2, -0.15) is 0 Å². The third kappa shape index (κ3) is 1.01. The van der Waals surface area contributed by atoms with Gasteiger partial charge in [-0.25, -0.2) is 0 Å². The highest BCUT2D eigenvalue weighted by Crippen LogP contribution is 2.26. The highest BCUT2D eigenvalue weighted by atomic mass is 32.1. The average Bonchev–Trinajstić information content (AvgIpc) is 2.41. The lowest BCUT2D eigenvalue weighted by Crippen LogP contribution is -2.02. The molecule has 2 heterocycles. The first-order valence-corrected chi connectivity index (χ1v) is 4.48.